The highest BCUT2D eigenvalue weighted by molar-refractivity contribution is 5.26. The van der Waals surface area contributed by atoms with Crippen LogP contribution in [0.25, 0.3) is 0 Å². The largest absolute Gasteiger partial charge is 0.480 e. The highest BCUT2D eigenvalue weighted by atomic mass is 16.5. The Morgan fingerprint density at radius 2 is 2.00 bits per heavy atom. The van der Waals surface area contributed by atoms with E-state index < -0.39 is 6.10 Å². The standard InChI is InChI=1S/C12H16N4O2/c1-8(2)16-7-13-6-9(16)11(17)10-12(18-3)15-5-4-14-10/h4-8,11,17H,1-3H3. The summed E-state index contributed by atoms with van der Waals surface area (Å²) in [6, 6.07) is 0.208. The van der Waals surface area contributed by atoms with Crippen LogP contribution >= 0.6 is 0 Å². The van der Waals surface area contributed by atoms with Gasteiger partial charge in [-0.1, -0.05) is 0 Å². The zero-order valence-corrected chi connectivity index (χ0v) is 10.6. The third-order valence-electron chi connectivity index (χ3n) is 2.68. The van der Waals surface area contributed by atoms with Gasteiger partial charge in [0.15, 0.2) is 0 Å². The number of hydrogen-bond donors (Lipinski definition) is 1. The molecule has 2 aromatic heterocycles. The summed E-state index contributed by atoms with van der Waals surface area (Å²) in [6.45, 7) is 4.04. The lowest BCUT2D eigenvalue weighted by atomic mass is 10.2. The van der Waals surface area contributed by atoms with Crippen LogP contribution < -0.4 is 4.74 Å². The van der Waals surface area contributed by atoms with Gasteiger partial charge in [-0.3, -0.25) is 4.98 Å². The molecule has 0 aliphatic heterocycles. The predicted octanol–water partition coefficient (Wildman–Crippen LogP) is 1.34. The van der Waals surface area contributed by atoms with Gasteiger partial charge < -0.3 is 14.4 Å². The van der Waals surface area contributed by atoms with Gasteiger partial charge in [0.25, 0.3) is 0 Å². The Morgan fingerprint density at radius 1 is 1.28 bits per heavy atom. The fraction of sp³-hybridized carbons (Fsp3) is 0.417. The maximum atomic E-state index is 10.4. The number of ether oxygens (including phenoxy) is 1. The minimum atomic E-state index is -0.904. The first kappa shape index (κ1) is 12.5. The summed E-state index contributed by atoms with van der Waals surface area (Å²) >= 11 is 0. The monoisotopic (exact) mass is 248 g/mol. The van der Waals surface area contributed by atoms with Crippen molar-refractivity contribution in [2.24, 2.45) is 0 Å². The Kier molecular flexibility index (Phi) is 3.57. The molecule has 2 heterocycles. The average molecular weight is 248 g/mol. The highest BCUT2D eigenvalue weighted by Crippen LogP contribution is 2.27. The molecule has 6 nitrogen and oxygen atoms in total. The van der Waals surface area contributed by atoms with Gasteiger partial charge in [0.2, 0.25) is 5.88 Å². The van der Waals surface area contributed by atoms with Crippen LogP contribution in [-0.4, -0.2) is 31.7 Å². The molecule has 1 unspecified atom stereocenters. The van der Waals surface area contributed by atoms with E-state index in [0.29, 0.717) is 17.3 Å². The van der Waals surface area contributed by atoms with Gasteiger partial charge in [-0.2, -0.15) is 0 Å². The smallest absolute Gasteiger partial charge is 0.238 e. The van der Waals surface area contributed by atoms with Crippen molar-refractivity contribution in [3.8, 4) is 5.88 Å². The van der Waals surface area contributed by atoms with Crippen molar-refractivity contribution < 1.29 is 9.84 Å². The van der Waals surface area contributed by atoms with E-state index in [0.717, 1.165) is 0 Å². The Morgan fingerprint density at radius 3 is 2.67 bits per heavy atom. The van der Waals surface area contributed by atoms with E-state index in [1.807, 2.05) is 18.4 Å². The van der Waals surface area contributed by atoms with Crippen molar-refractivity contribution in [3.05, 3.63) is 36.3 Å². The zero-order chi connectivity index (χ0) is 13.1. The Labute approximate surface area is 105 Å². The SMILES string of the molecule is COc1nccnc1C(O)c1cncn1C(C)C. The van der Waals surface area contributed by atoms with E-state index in [4.69, 9.17) is 4.74 Å². The molecule has 2 aromatic rings. The zero-order valence-electron chi connectivity index (χ0n) is 10.6. The molecule has 18 heavy (non-hydrogen) atoms. The third kappa shape index (κ3) is 2.19. The number of imidazole rings is 1. The number of hydrogen-bond acceptors (Lipinski definition) is 5. The van der Waals surface area contributed by atoms with Gasteiger partial charge in [-0.25, -0.2) is 9.97 Å². The van der Waals surface area contributed by atoms with Crippen molar-refractivity contribution >= 4 is 0 Å². The molecule has 1 N–H and O–H groups in total. The van der Waals surface area contributed by atoms with Crippen LogP contribution in [0.5, 0.6) is 5.88 Å². The van der Waals surface area contributed by atoms with Gasteiger partial charge in [0, 0.05) is 18.4 Å². The Hall–Kier alpha value is -1.95. The Balaban J connectivity index is 2.41. The average Bonchev–Trinajstić information content (AvgIpc) is 2.87. The molecule has 96 valence electrons. The topological polar surface area (TPSA) is 73.1 Å². The molecular weight excluding hydrogens is 232 g/mol. The molecule has 0 saturated heterocycles. The number of aliphatic hydroxyl groups is 1. The fourth-order valence-corrected chi connectivity index (χ4v) is 1.78. The van der Waals surface area contributed by atoms with E-state index in [1.165, 1.54) is 19.5 Å². The second-order valence-electron chi connectivity index (χ2n) is 4.17. The number of rotatable bonds is 4. The lowest BCUT2D eigenvalue weighted by molar-refractivity contribution is 0.196. The molecule has 2 rings (SSSR count). The molecule has 0 aromatic carbocycles. The molecule has 0 aliphatic carbocycles. The van der Waals surface area contributed by atoms with Crippen LogP contribution in [0, 0.1) is 0 Å². The quantitative estimate of drug-likeness (QED) is 0.884. The van der Waals surface area contributed by atoms with Crippen molar-refractivity contribution in [1.82, 2.24) is 19.5 Å². The molecule has 1 atom stereocenters. The van der Waals surface area contributed by atoms with Crippen molar-refractivity contribution in [2.75, 3.05) is 7.11 Å². The molecule has 0 spiro atoms. The summed E-state index contributed by atoms with van der Waals surface area (Å²) < 4.78 is 6.99. The van der Waals surface area contributed by atoms with Gasteiger partial charge in [0.05, 0.1) is 25.3 Å². The molecule has 0 radical (unpaired) electrons. The summed E-state index contributed by atoms with van der Waals surface area (Å²) in [7, 11) is 1.50. The van der Waals surface area contributed by atoms with Crippen LogP contribution in [0.15, 0.2) is 24.9 Å². The summed E-state index contributed by atoms with van der Waals surface area (Å²) in [5, 5.41) is 10.4. The number of nitrogens with zero attached hydrogens (tertiary/aromatic N) is 4. The summed E-state index contributed by atoms with van der Waals surface area (Å²) in [5.74, 6) is 0.321. The molecule has 0 bridgehead atoms. The maximum Gasteiger partial charge on any atom is 0.238 e. The van der Waals surface area contributed by atoms with E-state index in [1.54, 1.807) is 12.5 Å². The lowest BCUT2D eigenvalue weighted by Crippen LogP contribution is -2.12. The van der Waals surface area contributed by atoms with E-state index in [-0.39, 0.29) is 6.04 Å². The van der Waals surface area contributed by atoms with E-state index >= 15 is 0 Å². The molecular formula is C12H16N4O2. The van der Waals surface area contributed by atoms with E-state index in [9.17, 15) is 5.11 Å². The minimum Gasteiger partial charge on any atom is -0.480 e. The summed E-state index contributed by atoms with van der Waals surface area (Å²) in [4.78, 5) is 12.2. The lowest BCUT2D eigenvalue weighted by Gasteiger charge is -2.17. The van der Waals surface area contributed by atoms with Crippen molar-refractivity contribution in [1.29, 1.82) is 0 Å². The fourth-order valence-electron chi connectivity index (χ4n) is 1.78. The first-order valence-electron chi connectivity index (χ1n) is 5.69. The van der Waals surface area contributed by atoms with Crippen LogP contribution in [-0.2, 0) is 0 Å². The van der Waals surface area contributed by atoms with Crippen LogP contribution in [0.4, 0.5) is 0 Å². The first-order chi connectivity index (χ1) is 8.65. The molecule has 0 aliphatic rings. The second-order valence-corrected chi connectivity index (χ2v) is 4.17. The van der Waals surface area contributed by atoms with Crippen LogP contribution in [0.2, 0.25) is 0 Å². The maximum absolute atomic E-state index is 10.4. The number of aliphatic hydroxyl groups excluding tert-OH is 1. The normalized spacial score (nSPS) is 12.7. The van der Waals surface area contributed by atoms with Gasteiger partial charge in [0.1, 0.15) is 11.8 Å². The Bertz CT molecular complexity index is 524. The van der Waals surface area contributed by atoms with Crippen molar-refractivity contribution in [2.45, 2.75) is 26.0 Å². The summed E-state index contributed by atoms with van der Waals surface area (Å²) in [6.07, 6.45) is 5.45. The summed E-state index contributed by atoms with van der Waals surface area (Å²) in [5.41, 5.74) is 1.06. The predicted molar refractivity (Wildman–Crippen MR) is 65.3 cm³/mol. The molecule has 0 saturated carbocycles. The van der Waals surface area contributed by atoms with E-state index in [2.05, 4.69) is 15.0 Å². The van der Waals surface area contributed by atoms with Gasteiger partial charge in [-0.15, -0.1) is 0 Å². The van der Waals surface area contributed by atoms with Crippen LogP contribution in [0.3, 0.4) is 0 Å². The number of aromatic nitrogens is 4. The molecule has 0 amide bonds. The van der Waals surface area contributed by atoms with Crippen molar-refractivity contribution in [3.63, 3.8) is 0 Å². The first-order valence-corrected chi connectivity index (χ1v) is 5.69. The minimum absolute atomic E-state index is 0.208. The molecule has 0 fully saturated rings. The second kappa shape index (κ2) is 5.14. The molecule has 6 heteroatoms. The van der Waals surface area contributed by atoms with Gasteiger partial charge in [-0.05, 0) is 13.8 Å². The highest BCUT2D eigenvalue weighted by Gasteiger charge is 2.22. The number of methoxy groups -OCH3 is 1. The van der Waals surface area contributed by atoms with Crippen LogP contribution in [0.1, 0.15) is 37.4 Å². The van der Waals surface area contributed by atoms with Gasteiger partial charge >= 0.3 is 0 Å². The third-order valence-corrected chi connectivity index (χ3v) is 2.68.